The predicted octanol–water partition coefficient (Wildman–Crippen LogP) is 29.4. The summed E-state index contributed by atoms with van der Waals surface area (Å²) >= 11 is 0. The Labute approximate surface area is 725 Å². The molecule has 10 heteroatoms. The third-order valence-electron chi connectivity index (χ3n) is 24.7. The number of hydrogen-bond acceptors (Lipinski definition) is 6. The molecular weight excluding hydrogens is 1530 g/mol. The number of nitrogens with zero attached hydrogens (tertiary/aromatic N) is 10. The van der Waals surface area contributed by atoms with Crippen molar-refractivity contribution in [2.75, 3.05) is 0 Å². The van der Waals surface area contributed by atoms with Crippen LogP contribution in [-0.4, -0.2) is 48.2 Å². The monoisotopic (exact) mass is 1610 g/mol. The van der Waals surface area contributed by atoms with E-state index in [2.05, 4.69) is 467 Å². The molecule has 19 aromatic carbocycles. The molecule has 0 aliphatic carbocycles. The average Bonchev–Trinajstić information content (AvgIpc) is 1.60. The van der Waals surface area contributed by atoms with Gasteiger partial charge in [0.25, 0.3) is 0 Å². The smallest absolute Gasteiger partial charge is 0.164 e. The molecule has 6 heterocycles. The highest BCUT2D eigenvalue weighted by atomic mass is 15.1. The molecule has 0 N–H and O–H groups in total. The van der Waals surface area contributed by atoms with E-state index in [-0.39, 0.29) is 0 Å². The lowest BCUT2D eigenvalue weighted by molar-refractivity contribution is 1.07. The highest BCUT2D eigenvalue weighted by Gasteiger charge is 2.24. The molecule has 126 heavy (non-hydrogen) atoms. The van der Waals surface area contributed by atoms with E-state index in [0.29, 0.717) is 34.9 Å². The normalized spacial score (nSPS) is 11.7. The van der Waals surface area contributed by atoms with Crippen LogP contribution in [0.5, 0.6) is 0 Å². The van der Waals surface area contributed by atoms with E-state index in [0.717, 1.165) is 111 Å². The topological polar surface area (TPSA) is 97.1 Å². The Kier molecular flexibility index (Phi) is 17.7. The summed E-state index contributed by atoms with van der Waals surface area (Å²) < 4.78 is 9.39. The highest BCUT2D eigenvalue weighted by molar-refractivity contribution is 6.14. The number of para-hydroxylation sites is 5. The maximum atomic E-state index is 5.31. The summed E-state index contributed by atoms with van der Waals surface area (Å²) in [5, 5.41) is 14.2. The second-order valence-corrected chi connectivity index (χ2v) is 32.2. The van der Waals surface area contributed by atoms with Crippen molar-refractivity contribution in [2.45, 2.75) is 0 Å². The van der Waals surface area contributed by atoms with Gasteiger partial charge in [-0.05, 0) is 182 Å². The van der Waals surface area contributed by atoms with Crippen molar-refractivity contribution in [2.24, 2.45) is 0 Å². The van der Waals surface area contributed by atoms with E-state index in [1.54, 1.807) is 0 Å². The summed E-state index contributed by atoms with van der Waals surface area (Å²) in [6, 6.07) is 159. The summed E-state index contributed by atoms with van der Waals surface area (Å²) in [5.41, 5.74) is 26.0. The minimum absolute atomic E-state index is 0.604. The largest absolute Gasteiger partial charge is 0.309 e. The molecule has 10 nitrogen and oxygen atoms in total. The van der Waals surface area contributed by atoms with Gasteiger partial charge in [-0.15, -0.1) is 0 Å². The lowest BCUT2D eigenvalue weighted by Gasteiger charge is -2.13. The van der Waals surface area contributed by atoms with Crippen molar-refractivity contribution in [1.29, 1.82) is 0 Å². The van der Waals surface area contributed by atoms with Gasteiger partial charge in [-0.1, -0.05) is 322 Å². The third kappa shape index (κ3) is 12.9. The lowest BCUT2D eigenvalue weighted by Crippen LogP contribution is -2.02. The maximum Gasteiger partial charge on any atom is 0.164 e. The van der Waals surface area contributed by atoms with Gasteiger partial charge in [-0.3, -0.25) is 0 Å². The molecule has 25 aromatic rings. The van der Waals surface area contributed by atoms with Crippen molar-refractivity contribution in [3.63, 3.8) is 0 Å². The number of aromatic nitrogens is 10. The predicted molar refractivity (Wildman–Crippen MR) is 521 cm³/mol. The van der Waals surface area contributed by atoms with Gasteiger partial charge in [0.05, 0.1) is 44.1 Å². The molecule has 0 radical (unpaired) electrons. The zero-order valence-corrected chi connectivity index (χ0v) is 68.2. The van der Waals surface area contributed by atoms with Crippen LogP contribution in [0.25, 0.3) is 233 Å². The summed E-state index contributed by atoms with van der Waals surface area (Å²) in [4.78, 5) is 31.5. The number of benzene rings is 19. The average molecular weight is 1610 g/mol. The van der Waals surface area contributed by atoms with E-state index >= 15 is 0 Å². The zero-order valence-electron chi connectivity index (χ0n) is 68.2. The minimum Gasteiger partial charge on any atom is -0.309 e. The molecule has 0 aliphatic rings. The first-order chi connectivity index (χ1) is 62.4. The van der Waals surface area contributed by atoms with Gasteiger partial charge in [0, 0.05) is 99.2 Å². The molecule has 0 unspecified atom stereocenters. The van der Waals surface area contributed by atoms with E-state index in [4.69, 9.17) is 29.9 Å². The molecule has 6 aromatic heterocycles. The Hall–Kier alpha value is -17.1. The van der Waals surface area contributed by atoms with Crippen LogP contribution >= 0.6 is 0 Å². The Morgan fingerprint density at radius 3 is 0.714 bits per heavy atom. The lowest BCUT2D eigenvalue weighted by atomic mass is 10.0. The van der Waals surface area contributed by atoms with Crippen LogP contribution in [0.15, 0.2) is 449 Å². The summed E-state index contributed by atoms with van der Waals surface area (Å²) in [5.74, 6) is 3.68. The van der Waals surface area contributed by atoms with Crippen molar-refractivity contribution >= 4 is 109 Å². The van der Waals surface area contributed by atoms with Crippen molar-refractivity contribution in [3.05, 3.63) is 449 Å². The van der Waals surface area contributed by atoms with Crippen molar-refractivity contribution < 1.29 is 0 Å². The van der Waals surface area contributed by atoms with E-state index in [1.807, 2.05) is 0 Å². The third-order valence-corrected chi connectivity index (χ3v) is 24.7. The molecular formula is C116H74N10. The fraction of sp³-hybridized carbons (Fsp3) is 0. The SMILES string of the molecule is c1ccc(-c2ccc3c(c2)c2ccccc2n3-c2cccc(-c3nc(-c4ccc5ccccc5c4)nc(-c4ccc5c6ccccc6n(-c6ccccc6)c5c4)n3)c2)cc1.c1ccc(-c2ccc3c(c2)c2ccccc2n3-c2cccc(-c3nc(-c4cccc(-n5c6ccccc6c6cc(-c7ccccc7)ccc65)c4)nc(-c4ccc5ccccc5c4)n3)c2)cc1. The first-order valence-electron chi connectivity index (χ1n) is 42.6. The van der Waals surface area contributed by atoms with Gasteiger partial charge in [-0.25, -0.2) is 29.9 Å². The molecule has 0 aliphatic heterocycles. The standard InChI is InChI=1S/C61H39N5.C55H35N5/c1-3-15-40(16-4-1)44-31-33-57-53(38-44)51-25-9-11-27-55(51)65(57)49-23-13-21-46(36-49)59-62-60(64-61(63-59)48-30-29-42-19-7-8-20-43(42)35-48)47-22-14-24-50(37-47)66-56-28-12-10-26-52(56)54-39-45(32-34-58(54)66)41-17-5-2-6-18-41;1-3-14-36(15-4-1)39-29-31-51-48(34-39)46-23-10-12-25-50(46)60(51)44-21-13-18-40(33-44)53-56-54(41-27-26-37-16-7-8-17-38(37)32-41)58-55(57-53)42-28-30-47-45-22-9-11-24-49(45)59(52(47)35-42)43-19-5-2-6-20-43/h1-39H;1-35H. The van der Waals surface area contributed by atoms with E-state index < -0.39 is 0 Å². The van der Waals surface area contributed by atoms with Crippen LogP contribution < -0.4 is 0 Å². The van der Waals surface area contributed by atoms with Gasteiger partial charge in [0.1, 0.15) is 0 Å². The Morgan fingerprint density at radius 1 is 0.119 bits per heavy atom. The van der Waals surface area contributed by atoms with Gasteiger partial charge in [0.2, 0.25) is 0 Å². The van der Waals surface area contributed by atoms with Crippen LogP contribution in [0.2, 0.25) is 0 Å². The number of fused-ring (bicyclic) bond motifs is 14. The molecule has 0 bridgehead atoms. The number of hydrogen-bond donors (Lipinski definition) is 0. The number of rotatable bonds is 13. The van der Waals surface area contributed by atoms with Crippen molar-refractivity contribution in [3.8, 4) is 124 Å². The van der Waals surface area contributed by atoms with Gasteiger partial charge in [0.15, 0.2) is 34.9 Å². The Balaban J connectivity index is 0.000000142. The van der Waals surface area contributed by atoms with Crippen LogP contribution in [0.4, 0.5) is 0 Å². The Morgan fingerprint density at radius 2 is 0.357 bits per heavy atom. The van der Waals surface area contributed by atoms with Crippen LogP contribution in [0.3, 0.4) is 0 Å². The summed E-state index contributed by atoms with van der Waals surface area (Å²) in [7, 11) is 0. The van der Waals surface area contributed by atoms with Crippen LogP contribution in [-0.2, 0) is 0 Å². The Bertz CT molecular complexity index is 8380. The van der Waals surface area contributed by atoms with Crippen molar-refractivity contribution in [1.82, 2.24) is 48.2 Å². The summed E-state index contributed by atoms with van der Waals surface area (Å²) in [6.07, 6.45) is 0. The van der Waals surface area contributed by atoms with Crippen LogP contribution in [0, 0.1) is 0 Å². The molecule has 25 rings (SSSR count). The molecule has 588 valence electrons. The highest BCUT2D eigenvalue weighted by Crippen LogP contribution is 2.43. The fourth-order valence-corrected chi connectivity index (χ4v) is 18.7. The fourth-order valence-electron chi connectivity index (χ4n) is 18.7. The maximum absolute atomic E-state index is 5.31. The zero-order chi connectivity index (χ0) is 83.1. The minimum atomic E-state index is 0.604. The second kappa shape index (κ2) is 30.6. The summed E-state index contributed by atoms with van der Waals surface area (Å²) in [6.45, 7) is 0. The molecule has 0 amide bonds. The quantitative estimate of drug-likeness (QED) is 0.114. The molecule has 0 atom stereocenters. The first kappa shape index (κ1) is 72.9. The molecule has 0 saturated heterocycles. The van der Waals surface area contributed by atoms with E-state index in [9.17, 15) is 0 Å². The molecule has 0 spiro atoms. The first-order valence-corrected chi connectivity index (χ1v) is 42.6. The van der Waals surface area contributed by atoms with Crippen LogP contribution in [0.1, 0.15) is 0 Å². The van der Waals surface area contributed by atoms with Gasteiger partial charge in [-0.2, -0.15) is 0 Å². The molecule has 0 fully saturated rings. The van der Waals surface area contributed by atoms with Gasteiger partial charge >= 0.3 is 0 Å². The van der Waals surface area contributed by atoms with Gasteiger partial charge < -0.3 is 18.3 Å². The molecule has 0 saturated carbocycles. The van der Waals surface area contributed by atoms with E-state index in [1.165, 1.54) is 87.2 Å². The second-order valence-electron chi connectivity index (χ2n) is 32.2.